The maximum absolute atomic E-state index is 12.6. The number of hydrogen-bond donors (Lipinski definition) is 3. The van der Waals surface area contributed by atoms with Crippen LogP contribution < -0.4 is 20.9 Å². The van der Waals surface area contributed by atoms with E-state index < -0.39 is 10.0 Å². The first-order chi connectivity index (χ1) is 15.9. The molecule has 0 aliphatic carbocycles. The lowest BCUT2D eigenvalue weighted by molar-refractivity contribution is 0.587. The van der Waals surface area contributed by atoms with E-state index in [4.69, 9.17) is 5.73 Å². The molecular formula is C23H23N7O2S. The summed E-state index contributed by atoms with van der Waals surface area (Å²) in [7, 11) is -3.83. The van der Waals surface area contributed by atoms with Crippen molar-refractivity contribution in [1.29, 1.82) is 0 Å². The molecule has 2 aromatic carbocycles. The number of nitrogens with one attached hydrogen (secondary N) is 2. The molecule has 0 aliphatic rings. The average molecular weight is 462 g/mol. The molecule has 0 radical (unpaired) electrons. The van der Waals surface area contributed by atoms with Gasteiger partial charge in [-0.2, -0.15) is 0 Å². The Balaban J connectivity index is 1.63. The van der Waals surface area contributed by atoms with Crippen LogP contribution in [0.3, 0.4) is 0 Å². The number of aromatic nitrogens is 3. The molecule has 0 unspecified atom stereocenters. The van der Waals surface area contributed by atoms with Gasteiger partial charge in [-0.15, -0.1) is 4.83 Å². The predicted octanol–water partition coefficient (Wildman–Crippen LogP) is 3.41. The molecule has 168 valence electrons. The Morgan fingerprint density at radius 3 is 2.33 bits per heavy atom. The maximum atomic E-state index is 12.6. The van der Waals surface area contributed by atoms with Crippen LogP contribution in [0.2, 0.25) is 0 Å². The quantitative estimate of drug-likeness (QED) is 0.341. The summed E-state index contributed by atoms with van der Waals surface area (Å²) in [5.41, 5.74) is 11.1. The minimum absolute atomic E-state index is 0.118. The number of aryl methyl sites for hydroxylation is 1. The van der Waals surface area contributed by atoms with Gasteiger partial charge in [-0.25, -0.2) is 23.4 Å². The van der Waals surface area contributed by atoms with Gasteiger partial charge < -0.3 is 10.6 Å². The fraction of sp³-hybridized carbons (Fsp3) is 0.0870. The second-order valence-electron chi connectivity index (χ2n) is 7.26. The average Bonchev–Trinajstić information content (AvgIpc) is 2.84. The van der Waals surface area contributed by atoms with Gasteiger partial charge in [-0.3, -0.25) is 5.43 Å². The van der Waals surface area contributed by atoms with E-state index >= 15 is 0 Å². The molecule has 0 saturated heterocycles. The van der Waals surface area contributed by atoms with E-state index in [9.17, 15) is 8.42 Å². The van der Waals surface area contributed by atoms with Crippen molar-refractivity contribution in [3.05, 3.63) is 96.4 Å². The highest BCUT2D eigenvalue weighted by Crippen LogP contribution is 2.32. The first-order valence-corrected chi connectivity index (χ1v) is 11.6. The lowest BCUT2D eigenvalue weighted by atomic mass is 10.2. The van der Waals surface area contributed by atoms with E-state index in [-0.39, 0.29) is 16.4 Å². The predicted molar refractivity (Wildman–Crippen MR) is 128 cm³/mol. The molecule has 0 atom stereocenters. The number of hydrogen-bond acceptors (Lipinski definition) is 8. The van der Waals surface area contributed by atoms with E-state index in [2.05, 4.69) is 25.2 Å². The largest absolute Gasteiger partial charge is 0.393 e. The zero-order chi connectivity index (χ0) is 23.3. The molecule has 9 nitrogen and oxygen atoms in total. The van der Waals surface area contributed by atoms with Crippen molar-refractivity contribution in [1.82, 2.24) is 19.8 Å². The molecule has 2 aromatic heterocycles. The first kappa shape index (κ1) is 22.2. The first-order valence-electron chi connectivity index (χ1n) is 10.1. The molecule has 33 heavy (non-hydrogen) atoms. The van der Waals surface area contributed by atoms with Crippen LogP contribution in [-0.2, 0) is 16.6 Å². The third-order valence-corrected chi connectivity index (χ3v) is 6.13. The Labute approximate surface area is 192 Å². The van der Waals surface area contributed by atoms with Gasteiger partial charge in [0.15, 0.2) is 11.6 Å². The second-order valence-corrected chi connectivity index (χ2v) is 8.95. The summed E-state index contributed by atoms with van der Waals surface area (Å²) < 4.78 is 25.3. The van der Waals surface area contributed by atoms with E-state index in [1.54, 1.807) is 18.3 Å². The molecule has 4 rings (SSSR count). The van der Waals surface area contributed by atoms with Crippen LogP contribution in [0.25, 0.3) is 0 Å². The number of anilines is 4. The lowest BCUT2D eigenvalue weighted by Crippen LogP contribution is -2.31. The Morgan fingerprint density at radius 2 is 1.64 bits per heavy atom. The molecule has 4 N–H and O–H groups in total. The van der Waals surface area contributed by atoms with Gasteiger partial charge >= 0.3 is 0 Å². The van der Waals surface area contributed by atoms with Crippen LogP contribution in [0.4, 0.5) is 23.1 Å². The minimum atomic E-state index is -3.83. The number of nitrogen functional groups attached to an aromatic ring is 1. The minimum Gasteiger partial charge on any atom is -0.393 e. The molecule has 0 amide bonds. The zero-order valence-corrected chi connectivity index (χ0v) is 18.7. The summed E-state index contributed by atoms with van der Waals surface area (Å²) in [6.45, 7) is 2.33. The molecule has 4 aromatic rings. The van der Waals surface area contributed by atoms with Crippen LogP contribution in [0.15, 0.2) is 90.2 Å². The number of sulfonamides is 1. The molecule has 10 heteroatoms. The van der Waals surface area contributed by atoms with Crippen LogP contribution in [0.1, 0.15) is 11.1 Å². The van der Waals surface area contributed by atoms with E-state index in [1.807, 2.05) is 60.4 Å². The van der Waals surface area contributed by atoms with Gasteiger partial charge in [0, 0.05) is 6.20 Å². The monoisotopic (exact) mass is 461 g/mol. The highest BCUT2D eigenvalue weighted by atomic mass is 32.2. The smallest absolute Gasteiger partial charge is 0.257 e. The molecular weight excluding hydrogens is 438 g/mol. The second kappa shape index (κ2) is 9.63. The number of hydrazine groups is 1. The van der Waals surface area contributed by atoms with Crippen LogP contribution in [0, 0.1) is 6.92 Å². The fourth-order valence-corrected chi connectivity index (χ4v) is 3.98. The Bertz CT molecular complexity index is 1320. The Kier molecular flexibility index (Phi) is 6.48. The number of benzene rings is 2. The summed E-state index contributed by atoms with van der Waals surface area (Å²) in [5, 5.41) is 0. The van der Waals surface area contributed by atoms with Crippen LogP contribution in [0.5, 0.6) is 0 Å². The van der Waals surface area contributed by atoms with Crippen molar-refractivity contribution in [2.75, 3.05) is 16.1 Å². The van der Waals surface area contributed by atoms with Gasteiger partial charge in [0.05, 0.1) is 11.4 Å². The normalized spacial score (nSPS) is 11.2. The van der Waals surface area contributed by atoms with Gasteiger partial charge in [-0.1, -0.05) is 54.1 Å². The number of nitrogens with zero attached hydrogens (tertiary/aromatic N) is 4. The van der Waals surface area contributed by atoms with Gasteiger partial charge in [-0.05, 0) is 36.8 Å². The van der Waals surface area contributed by atoms with Gasteiger partial charge in [0.25, 0.3) is 10.0 Å². The third kappa shape index (κ3) is 5.25. The molecule has 0 fully saturated rings. The number of nitrogens with two attached hydrogens (primary N) is 1. The van der Waals surface area contributed by atoms with Crippen LogP contribution in [-0.4, -0.2) is 23.4 Å². The summed E-state index contributed by atoms with van der Waals surface area (Å²) in [4.78, 5) is 17.2. The van der Waals surface area contributed by atoms with Crippen molar-refractivity contribution in [3.8, 4) is 0 Å². The van der Waals surface area contributed by atoms with Crippen molar-refractivity contribution < 1.29 is 8.42 Å². The van der Waals surface area contributed by atoms with Crippen molar-refractivity contribution in [2.45, 2.75) is 18.4 Å². The topological polar surface area (TPSA) is 126 Å². The van der Waals surface area contributed by atoms with Crippen molar-refractivity contribution in [2.24, 2.45) is 0 Å². The standard InChI is InChI=1S/C23H23N7O2S/c1-17-10-12-19(13-11-17)33(31,32)29-28-22-21(24)23(27-16-26-22)30(20-9-5-6-14-25-20)15-18-7-3-2-4-8-18/h2-14,16,29H,15,24H2,1H3,(H,26,27,28). The lowest BCUT2D eigenvalue weighted by Gasteiger charge is -2.24. The summed E-state index contributed by atoms with van der Waals surface area (Å²) in [6, 6.07) is 21.8. The van der Waals surface area contributed by atoms with E-state index in [1.165, 1.54) is 18.5 Å². The van der Waals surface area contributed by atoms with E-state index in [0.717, 1.165) is 11.1 Å². The maximum Gasteiger partial charge on any atom is 0.257 e. The number of rotatable bonds is 8. The van der Waals surface area contributed by atoms with E-state index in [0.29, 0.717) is 18.2 Å². The highest BCUT2D eigenvalue weighted by Gasteiger charge is 2.20. The highest BCUT2D eigenvalue weighted by molar-refractivity contribution is 7.89. The zero-order valence-electron chi connectivity index (χ0n) is 17.9. The van der Waals surface area contributed by atoms with Crippen molar-refractivity contribution in [3.63, 3.8) is 0 Å². The molecule has 2 heterocycles. The van der Waals surface area contributed by atoms with Gasteiger partial charge in [0.2, 0.25) is 0 Å². The molecule has 0 aliphatic heterocycles. The van der Waals surface area contributed by atoms with Crippen molar-refractivity contribution >= 4 is 33.2 Å². The third-order valence-electron chi connectivity index (χ3n) is 4.86. The molecule has 0 saturated carbocycles. The fourth-order valence-electron chi connectivity index (χ4n) is 3.14. The summed E-state index contributed by atoms with van der Waals surface area (Å²) >= 11 is 0. The summed E-state index contributed by atoms with van der Waals surface area (Å²) in [5.74, 6) is 1.16. The Hall–Kier alpha value is -4.02. The molecule has 0 bridgehead atoms. The van der Waals surface area contributed by atoms with Gasteiger partial charge in [0.1, 0.15) is 17.8 Å². The van der Waals surface area contributed by atoms with Crippen LogP contribution >= 0.6 is 0 Å². The summed E-state index contributed by atoms with van der Waals surface area (Å²) in [6.07, 6.45) is 2.99. The SMILES string of the molecule is Cc1ccc(S(=O)(=O)NNc2ncnc(N(Cc3ccccc3)c3ccccn3)c2N)cc1. The number of pyridine rings is 1. The Morgan fingerprint density at radius 1 is 0.909 bits per heavy atom. The molecule has 0 spiro atoms.